The highest BCUT2D eigenvalue weighted by atomic mass is 32.2. The van der Waals surface area contributed by atoms with Gasteiger partial charge in [-0.1, -0.05) is 24.3 Å². The predicted molar refractivity (Wildman–Crippen MR) is 117 cm³/mol. The lowest BCUT2D eigenvalue weighted by atomic mass is 10.0. The lowest BCUT2D eigenvalue weighted by Crippen LogP contribution is -2.38. The number of hydrogen-bond donors (Lipinski definition) is 0. The molecule has 168 valence electrons. The second-order valence-electron chi connectivity index (χ2n) is 7.29. The number of hydrogen-bond acceptors (Lipinski definition) is 3. The Bertz CT molecular complexity index is 1310. The van der Waals surface area contributed by atoms with Crippen LogP contribution in [-0.2, 0) is 16.2 Å². The van der Waals surface area contributed by atoms with Gasteiger partial charge in [0.2, 0.25) is 0 Å². The highest BCUT2D eigenvalue weighted by molar-refractivity contribution is 7.92. The van der Waals surface area contributed by atoms with E-state index in [1.165, 1.54) is 12.1 Å². The molecule has 4 rings (SSSR count). The zero-order valence-corrected chi connectivity index (χ0v) is 18.8. The number of ether oxygens (including phenoxy) is 1. The standard InChI is InChI=1S/C22H18F4NO3PS/c1-13-4-2-7-17(21(13)31)14-10-18(23)20-19(11-14)27(8-9-30-20)32(28,29)16-6-3-5-15(12-16)22(24,25)26/h2-7,10-12H,8-9,31H2,1H3. The fraction of sp³-hybridized carbons (Fsp3) is 0.182. The minimum absolute atomic E-state index is 0.0606. The SMILES string of the molecule is Cc1cccc(-c2cc(F)c3c(c2)N(S(=O)(=O)c2cccc(C(F)(F)F)c2)CCO3)c1P. The van der Waals surface area contributed by atoms with Crippen molar-refractivity contribution in [3.63, 3.8) is 0 Å². The highest BCUT2D eigenvalue weighted by Gasteiger charge is 2.35. The Morgan fingerprint density at radius 3 is 2.50 bits per heavy atom. The molecule has 1 atom stereocenters. The van der Waals surface area contributed by atoms with Crippen molar-refractivity contribution in [2.45, 2.75) is 18.0 Å². The molecule has 32 heavy (non-hydrogen) atoms. The van der Waals surface area contributed by atoms with E-state index in [1.807, 2.05) is 13.0 Å². The molecule has 1 heterocycles. The van der Waals surface area contributed by atoms with Gasteiger partial charge < -0.3 is 4.74 Å². The molecule has 4 nitrogen and oxygen atoms in total. The molecule has 3 aromatic carbocycles. The fourth-order valence-corrected chi connectivity index (χ4v) is 5.41. The van der Waals surface area contributed by atoms with E-state index < -0.39 is 32.5 Å². The monoisotopic (exact) mass is 483 g/mol. The van der Waals surface area contributed by atoms with E-state index in [-0.39, 0.29) is 24.6 Å². The summed E-state index contributed by atoms with van der Waals surface area (Å²) in [6.07, 6.45) is -4.70. The minimum atomic E-state index is -4.70. The summed E-state index contributed by atoms with van der Waals surface area (Å²) in [6.45, 7) is 1.57. The molecule has 0 N–H and O–H groups in total. The van der Waals surface area contributed by atoms with Gasteiger partial charge in [0.15, 0.2) is 11.6 Å². The maximum Gasteiger partial charge on any atom is 0.416 e. The van der Waals surface area contributed by atoms with Gasteiger partial charge in [-0.3, -0.25) is 4.31 Å². The number of rotatable bonds is 3. The number of aryl methyl sites for hydroxylation is 1. The number of sulfonamides is 1. The lowest BCUT2D eigenvalue weighted by molar-refractivity contribution is -0.137. The van der Waals surface area contributed by atoms with Crippen molar-refractivity contribution < 1.29 is 30.7 Å². The van der Waals surface area contributed by atoms with Crippen LogP contribution in [-0.4, -0.2) is 21.6 Å². The first-order chi connectivity index (χ1) is 15.0. The first kappa shape index (κ1) is 22.6. The third-order valence-corrected chi connectivity index (χ3v) is 7.79. The molecule has 0 amide bonds. The van der Waals surface area contributed by atoms with Gasteiger partial charge >= 0.3 is 6.18 Å². The second-order valence-corrected chi connectivity index (χ2v) is 9.73. The van der Waals surface area contributed by atoms with Crippen LogP contribution in [0, 0.1) is 12.7 Å². The average Bonchev–Trinajstić information content (AvgIpc) is 2.74. The number of anilines is 1. The molecule has 0 bridgehead atoms. The van der Waals surface area contributed by atoms with E-state index >= 15 is 0 Å². The molecular formula is C22H18F4NO3PS. The van der Waals surface area contributed by atoms with Crippen LogP contribution in [0.4, 0.5) is 23.2 Å². The zero-order valence-electron chi connectivity index (χ0n) is 16.8. The minimum Gasteiger partial charge on any atom is -0.486 e. The zero-order chi connectivity index (χ0) is 23.3. The number of halogens is 4. The Kier molecular flexibility index (Phi) is 5.67. The molecule has 0 aliphatic carbocycles. The summed E-state index contributed by atoms with van der Waals surface area (Å²) in [5.74, 6) is -1.01. The van der Waals surface area contributed by atoms with Crippen LogP contribution in [0.3, 0.4) is 0 Å². The molecule has 0 spiro atoms. The topological polar surface area (TPSA) is 46.6 Å². The molecule has 0 radical (unpaired) electrons. The van der Waals surface area contributed by atoms with E-state index in [0.717, 1.165) is 33.4 Å². The fourth-order valence-electron chi connectivity index (χ4n) is 3.56. The van der Waals surface area contributed by atoms with Crippen LogP contribution < -0.4 is 14.3 Å². The van der Waals surface area contributed by atoms with Crippen molar-refractivity contribution in [1.82, 2.24) is 0 Å². The maximum absolute atomic E-state index is 14.9. The molecule has 1 unspecified atom stereocenters. The van der Waals surface area contributed by atoms with Crippen LogP contribution >= 0.6 is 9.24 Å². The van der Waals surface area contributed by atoms with Crippen molar-refractivity contribution in [2.24, 2.45) is 0 Å². The summed E-state index contributed by atoms with van der Waals surface area (Å²) in [6, 6.07) is 11.7. The van der Waals surface area contributed by atoms with Crippen LogP contribution in [0.2, 0.25) is 0 Å². The molecular weight excluding hydrogens is 465 g/mol. The van der Waals surface area contributed by atoms with Crippen LogP contribution in [0.15, 0.2) is 59.5 Å². The van der Waals surface area contributed by atoms with Crippen molar-refractivity contribution in [1.29, 1.82) is 0 Å². The second kappa shape index (κ2) is 8.05. The Morgan fingerprint density at radius 2 is 1.78 bits per heavy atom. The van der Waals surface area contributed by atoms with Gasteiger partial charge in [-0.15, -0.1) is 9.24 Å². The summed E-state index contributed by atoms with van der Waals surface area (Å²) >= 11 is 0. The summed E-state index contributed by atoms with van der Waals surface area (Å²) in [5, 5.41) is 0.816. The molecule has 1 aliphatic rings. The van der Waals surface area contributed by atoms with Crippen molar-refractivity contribution in [3.05, 3.63) is 71.5 Å². The first-order valence-electron chi connectivity index (χ1n) is 9.52. The van der Waals surface area contributed by atoms with Gasteiger partial charge in [-0.25, -0.2) is 12.8 Å². The van der Waals surface area contributed by atoms with Crippen molar-refractivity contribution >= 4 is 30.3 Å². The molecule has 3 aromatic rings. The van der Waals surface area contributed by atoms with Gasteiger partial charge in [0.1, 0.15) is 6.61 Å². The molecule has 10 heteroatoms. The van der Waals surface area contributed by atoms with Crippen LogP contribution in [0.25, 0.3) is 11.1 Å². The molecule has 1 aliphatic heterocycles. The maximum atomic E-state index is 14.9. The summed E-state index contributed by atoms with van der Waals surface area (Å²) in [5.41, 5.74) is 0.896. The van der Waals surface area contributed by atoms with Gasteiger partial charge in [-0.2, -0.15) is 13.2 Å². The largest absolute Gasteiger partial charge is 0.486 e. The Hall–Kier alpha value is -2.64. The van der Waals surface area contributed by atoms with Gasteiger partial charge in [0.25, 0.3) is 10.0 Å². The van der Waals surface area contributed by atoms with Gasteiger partial charge in [0.05, 0.1) is 22.7 Å². The van der Waals surface area contributed by atoms with E-state index in [0.29, 0.717) is 17.2 Å². The number of fused-ring (bicyclic) bond motifs is 1. The molecule has 0 aromatic heterocycles. The normalized spacial score (nSPS) is 14.1. The van der Waals surface area contributed by atoms with Crippen LogP contribution in [0.5, 0.6) is 5.75 Å². The average molecular weight is 483 g/mol. The van der Waals surface area contributed by atoms with E-state index in [2.05, 4.69) is 9.24 Å². The van der Waals surface area contributed by atoms with E-state index in [9.17, 15) is 26.0 Å². The Morgan fingerprint density at radius 1 is 1.06 bits per heavy atom. The van der Waals surface area contributed by atoms with E-state index in [4.69, 9.17) is 4.74 Å². The van der Waals surface area contributed by atoms with Gasteiger partial charge in [-0.05, 0) is 59.3 Å². The van der Waals surface area contributed by atoms with E-state index in [1.54, 1.807) is 12.1 Å². The number of alkyl halides is 3. The number of nitrogens with zero attached hydrogens (tertiary/aromatic N) is 1. The Labute approximate surface area is 185 Å². The summed E-state index contributed by atoms with van der Waals surface area (Å²) < 4.78 is 87.1. The molecule has 0 saturated heterocycles. The third kappa shape index (κ3) is 3.95. The highest BCUT2D eigenvalue weighted by Crippen LogP contribution is 2.41. The number of benzene rings is 3. The van der Waals surface area contributed by atoms with Crippen molar-refractivity contribution in [2.75, 3.05) is 17.5 Å². The smallest absolute Gasteiger partial charge is 0.416 e. The summed E-state index contributed by atoms with van der Waals surface area (Å²) in [7, 11) is -1.83. The summed E-state index contributed by atoms with van der Waals surface area (Å²) in [4.78, 5) is -0.534. The third-order valence-electron chi connectivity index (χ3n) is 5.22. The van der Waals surface area contributed by atoms with Crippen molar-refractivity contribution in [3.8, 4) is 16.9 Å². The molecule has 0 fully saturated rings. The molecule has 0 saturated carbocycles. The quantitative estimate of drug-likeness (QED) is 0.393. The Balaban J connectivity index is 1.86. The predicted octanol–water partition coefficient (Wildman–Crippen LogP) is 4.91. The van der Waals surface area contributed by atoms with Crippen LogP contribution in [0.1, 0.15) is 11.1 Å². The lowest BCUT2D eigenvalue weighted by Gasteiger charge is -2.31. The first-order valence-corrected chi connectivity index (χ1v) is 11.5. The van der Waals surface area contributed by atoms with Gasteiger partial charge in [0, 0.05) is 0 Å².